The Balaban J connectivity index is 1.09. The van der Waals surface area contributed by atoms with Gasteiger partial charge < -0.3 is 41.0 Å². The molecule has 4 amide bonds. The van der Waals surface area contributed by atoms with E-state index in [1.54, 1.807) is 23.1 Å². The van der Waals surface area contributed by atoms with Crippen LogP contribution in [0.5, 0.6) is 0 Å². The third-order valence-corrected chi connectivity index (χ3v) is 9.79. The number of hydrogen-bond donors (Lipinski definition) is 4. The quantitative estimate of drug-likeness (QED) is 0.0968. The minimum Gasteiger partial charge on any atom is -0.377 e. The molecule has 2 saturated heterocycles. The first-order chi connectivity index (χ1) is 26.9. The number of nitrogens with zero attached hydrogens (tertiary/aromatic N) is 5. The Bertz CT molecular complexity index is 1650. The van der Waals surface area contributed by atoms with Crippen LogP contribution in [0.2, 0.25) is 0 Å². The number of nitriles is 1. The van der Waals surface area contributed by atoms with Crippen molar-refractivity contribution in [3.8, 4) is 6.07 Å². The van der Waals surface area contributed by atoms with Gasteiger partial charge in [0.1, 0.15) is 12.6 Å². The number of unbranched alkanes of at least 4 members (excludes halogenated alkanes) is 1. The lowest BCUT2D eigenvalue weighted by Crippen LogP contribution is -2.50. The van der Waals surface area contributed by atoms with Crippen molar-refractivity contribution in [3.05, 3.63) is 42.0 Å². The molecule has 0 unspecified atom stereocenters. The Morgan fingerprint density at radius 2 is 1.77 bits per heavy atom. The molecule has 2 fully saturated rings. The fourth-order valence-electron chi connectivity index (χ4n) is 6.53. The number of hydrogen-bond acceptors (Lipinski definition) is 12. The zero-order valence-electron chi connectivity index (χ0n) is 32.1. The van der Waals surface area contributed by atoms with Crippen LogP contribution in [0, 0.1) is 11.3 Å². The topological polar surface area (TPSA) is 209 Å². The summed E-state index contributed by atoms with van der Waals surface area (Å²) in [5, 5.41) is 13.3. The van der Waals surface area contributed by atoms with Crippen LogP contribution >= 0.6 is 0 Å². The first kappa shape index (κ1) is 44.2. The van der Waals surface area contributed by atoms with Crippen molar-refractivity contribution in [3.63, 3.8) is 0 Å². The molecular formula is C38H55F2N9O7. The normalized spacial score (nSPS) is 17.4. The molecule has 16 nitrogen and oxygen atoms in total. The van der Waals surface area contributed by atoms with Gasteiger partial charge in [-0.1, -0.05) is 24.6 Å². The predicted octanol–water partition coefficient (Wildman–Crippen LogP) is 0.837. The SMILES string of the molecule is CN(CCCN1CCN(C(=O)COCCOCCONC(=O)[C@@H](N)CCCCN)CC1)c1ccc2cccc(C(=O)NCC(=O)N3CC(F)(F)C[C@H]3C#N)c2c1. The van der Waals surface area contributed by atoms with Gasteiger partial charge in [0.05, 0.1) is 51.6 Å². The first-order valence-corrected chi connectivity index (χ1v) is 19.0. The maximum absolute atomic E-state index is 13.8. The van der Waals surface area contributed by atoms with E-state index >= 15 is 0 Å². The van der Waals surface area contributed by atoms with E-state index in [1.165, 1.54) is 0 Å². The molecule has 0 spiro atoms. The first-order valence-electron chi connectivity index (χ1n) is 19.0. The van der Waals surface area contributed by atoms with E-state index in [9.17, 15) is 33.2 Å². The molecule has 4 rings (SSSR count). The number of amides is 4. The average Bonchev–Trinajstić information content (AvgIpc) is 3.53. The summed E-state index contributed by atoms with van der Waals surface area (Å²) >= 11 is 0. The molecule has 0 aromatic heterocycles. The van der Waals surface area contributed by atoms with Crippen molar-refractivity contribution >= 4 is 40.1 Å². The van der Waals surface area contributed by atoms with Crippen molar-refractivity contribution < 1.29 is 42.3 Å². The number of alkyl halides is 2. The molecule has 56 heavy (non-hydrogen) atoms. The zero-order valence-corrected chi connectivity index (χ0v) is 32.1. The van der Waals surface area contributed by atoms with Gasteiger partial charge in [0, 0.05) is 57.4 Å². The van der Waals surface area contributed by atoms with E-state index in [0.717, 1.165) is 61.4 Å². The van der Waals surface area contributed by atoms with Crippen LogP contribution in [-0.2, 0) is 28.7 Å². The number of ether oxygens (including phenoxy) is 2. The lowest BCUT2D eigenvalue weighted by atomic mass is 10.0. The number of halogens is 2. The Morgan fingerprint density at radius 1 is 1.02 bits per heavy atom. The Morgan fingerprint density at radius 3 is 2.52 bits per heavy atom. The largest absolute Gasteiger partial charge is 0.377 e. The summed E-state index contributed by atoms with van der Waals surface area (Å²) in [6.07, 6.45) is 2.28. The molecule has 2 aromatic rings. The molecule has 2 aromatic carbocycles. The van der Waals surface area contributed by atoms with Crippen LogP contribution in [-0.4, -0.2) is 155 Å². The highest BCUT2D eigenvalue weighted by Gasteiger charge is 2.47. The second-order valence-corrected chi connectivity index (χ2v) is 14.0. The molecule has 308 valence electrons. The summed E-state index contributed by atoms with van der Waals surface area (Å²) < 4.78 is 38.5. The van der Waals surface area contributed by atoms with Crippen LogP contribution in [0.15, 0.2) is 36.4 Å². The Hall–Kier alpha value is -4.51. The van der Waals surface area contributed by atoms with Crippen molar-refractivity contribution in [2.75, 3.05) is 104 Å². The highest BCUT2D eigenvalue weighted by molar-refractivity contribution is 6.08. The van der Waals surface area contributed by atoms with E-state index in [2.05, 4.69) is 20.6 Å². The minimum absolute atomic E-state index is 0.0289. The molecular weight excluding hydrogens is 732 g/mol. The minimum atomic E-state index is -3.13. The van der Waals surface area contributed by atoms with Gasteiger partial charge in [0.25, 0.3) is 17.7 Å². The second kappa shape index (κ2) is 22.3. The number of nitrogens with one attached hydrogen (secondary N) is 2. The molecule has 6 N–H and O–H groups in total. The van der Waals surface area contributed by atoms with Crippen molar-refractivity contribution in [2.45, 2.75) is 50.1 Å². The van der Waals surface area contributed by atoms with Crippen molar-refractivity contribution in [1.29, 1.82) is 5.26 Å². The lowest BCUT2D eigenvalue weighted by Gasteiger charge is -2.35. The van der Waals surface area contributed by atoms with Gasteiger partial charge in [-0.05, 0) is 61.3 Å². The third kappa shape index (κ3) is 13.6. The Kier molecular flexibility index (Phi) is 17.6. The monoisotopic (exact) mass is 787 g/mol. The number of benzene rings is 2. The molecule has 18 heteroatoms. The number of carbonyl (C=O) groups is 4. The van der Waals surface area contributed by atoms with Gasteiger partial charge >= 0.3 is 0 Å². The van der Waals surface area contributed by atoms with Crippen LogP contribution in [0.4, 0.5) is 14.5 Å². The molecule has 2 heterocycles. The second-order valence-electron chi connectivity index (χ2n) is 14.0. The van der Waals surface area contributed by atoms with Gasteiger partial charge in [-0.2, -0.15) is 5.26 Å². The van der Waals surface area contributed by atoms with E-state index < -0.39 is 49.3 Å². The lowest BCUT2D eigenvalue weighted by molar-refractivity contribution is -0.138. The molecule has 0 bridgehead atoms. The van der Waals surface area contributed by atoms with E-state index in [0.29, 0.717) is 37.0 Å². The number of nitrogens with two attached hydrogens (primary N) is 2. The number of anilines is 1. The number of fused-ring (bicyclic) bond motifs is 1. The summed E-state index contributed by atoms with van der Waals surface area (Å²) in [5.74, 6) is -4.84. The molecule has 2 atom stereocenters. The smallest absolute Gasteiger partial charge is 0.268 e. The number of likely N-dealkylation sites (tertiary alicyclic amines) is 1. The van der Waals surface area contributed by atoms with E-state index in [4.69, 9.17) is 25.8 Å². The standard InChI is InChI=1S/C38H55F2N9O7/c1-46(29-10-9-28-6-4-7-31(32(28)22-29)36(52)44-25-34(50)49-27-38(39,40)23-30(49)24-42)12-5-13-47-14-16-48(17-15-47)35(51)26-55-19-18-54-20-21-56-45-37(53)33(43)8-2-3-11-41/h4,6-7,9-10,22,30,33H,2-3,5,8,11-21,23,25-27,41,43H2,1H3,(H,44,52)(H,45,53)/t30-,33-/m0/s1. The summed E-state index contributed by atoms with van der Waals surface area (Å²) in [6, 6.07) is 10.9. The maximum atomic E-state index is 13.8. The van der Waals surface area contributed by atoms with Crippen LogP contribution < -0.4 is 27.2 Å². The summed E-state index contributed by atoms with van der Waals surface area (Å²) in [7, 11) is 1.97. The Labute approximate surface area is 326 Å². The molecule has 2 aliphatic heterocycles. The van der Waals surface area contributed by atoms with Crippen LogP contribution in [0.3, 0.4) is 0 Å². The summed E-state index contributed by atoms with van der Waals surface area (Å²) in [6.45, 7) is 4.43. The zero-order chi connectivity index (χ0) is 40.5. The highest BCUT2D eigenvalue weighted by Crippen LogP contribution is 2.31. The van der Waals surface area contributed by atoms with E-state index in [1.807, 2.05) is 31.3 Å². The fraction of sp³-hybridized carbons (Fsp3) is 0.605. The van der Waals surface area contributed by atoms with Crippen molar-refractivity contribution in [2.24, 2.45) is 11.5 Å². The van der Waals surface area contributed by atoms with Crippen LogP contribution in [0.1, 0.15) is 42.5 Å². The predicted molar refractivity (Wildman–Crippen MR) is 204 cm³/mol. The van der Waals surface area contributed by atoms with Crippen molar-refractivity contribution in [1.82, 2.24) is 25.5 Å². The number of carbonyl (C=O) groups excluding carboxylic acids is 4. The highest BCUT2D eigenvalue weighted by atomic mass is 19.3. The third-order valence-electron chi connectivity index (χ3n) is 9.79. The summed E-state index contributed by atoms with van der Waals surface area (Å²) in [5.41, 5.74) is 14.8. The van der Waals surface area contributed by atoms with E-state index in [-0.39, 0.29) is 44.8 Å². The van der Waals surface area contributed by atoms with Gasteiger partial charge in [-0.3, -0.25) is 28.9 Å². The van der Waals surface area contributed by atoms with Crippen LogP contribution in [0.25, 0.3) is 10.8 Å². The fourth-order valence-corrected chi connectivity index (χ4v) is 6.53. The number of hydroxylamine groups is 1. The average molecular weight is 788 g/mol. The molecule has 0 radical (unpaired) electrons. The maximum Gasteiger partial charge on any atom is 0.268 e. The number of piperazine rings is 1. The molecule has 0 saturated carbocycles. The molecule has 2 aliphatic rings. The molecule has 0 aliphatic carbocycles. The van der Waals surface area contributed by atoms with Gasteiger partial charge in [-0.15, -0.1) is 0 Å². The van der Waals surface area contributed by atoms with Gasteiger partial charge in [0.15, 0.2) is 0 Å². The summed E-state index contributed by atoms with van der Waals surface area (Å²) in [4.78, 5) is 62.4. The van der Waals surface area contributed by atoms with Gasteiger partial charge in [0.2, 0.25) is 11.8 Å². The number of rotatable bonds is 22. The van der Waals surface area contributed by atoms with Gasteiger partial charge in [-0.25, -0.2) is 14.3 Å².